The van der Waals surface area contributed by atoms with E-state index < -0.39 is 6.10 Å². The highest BCUT2D eigenvalue weighted by molar-refractivity contribution is 6.29. The number of rotatable bonds is 2. The fourth-order valence-corrected chi connectivity index (χ4v) is 1.70. The molecule has 0 bridgehead atoms. The van der Waals surface area contributed by atoms with Gasteiger partial charge >= 0.3 is 0 Å². The summed E-state index contributed by atoms with van der Waals surface area (Å²) in [4.78, 5) is 3.85. The molecule has 4 heteroatoms. The van der Waals surface area contributed by atoms with E-state index in [1.165, 1.54) is 0 Å². The molecule has 0 aliphatic rings. The van der Waals surface area contributed by atoms with Crippen LogP contribution in [0.2, 0.25) is 5.15 Å². The van der Waals surface area contributed by atoms with E-state index in [4.69, 9.17) is 16.9 Å². The summed E-state index contributed by atoms with van der Waals surface area (Å²) >= 11 is 5.76. The van der Waals surface area contributed by atoms with Gasteiger partial charge in [0.05, 0.1) is 11.6 Å². The lowest BCUT2D eigenvalue weighted by Crippen LogP contribution is -1.99. The second kappa shape index (κ2) is 4.96. The summed E-state index contributed by atoms with van der Waals surface area (Å²) in [6, 6.07) is 12.1. The van der Waals surface area contributed by atoms with E-state index in [1.54, 1.807) is 42.6 Å². The molecule has 0 fully saturated rings. The molecule has 1 N–H and O–H groups in total. The molecule has 0 aliphatic heterocycles. The van der Waals surface area contributed by atoms with Gasteiger partial charge in [0.15, 0.2) is 0 Å². The second-order valence-corrected chi connectivity index (χ2v) is 3.94. The van der Waals surface area contributed by atoms with Crippen molar-refractivity contribution in [2.45, 2.75) is 6.10 Å². The Morgan fingerprint density at radius 3 is 2.47 bits per heavy atom. The molecule has 2 aromatic rings. The number of aliphatic hydroxyl groups excluding tert-OH is 1. The third-order valence-corrected chi connectivity index (χ3v) is 2.63. The van der Waals surface area contributed by atoms with Crippen LogP contribution in [0, 0.1) is 11.3 Å². The standard InChI is InChI=1S/C13H9ClN2O/c14-12-7-11(5-6-16-12)13(17)10-3-1-9(8-15)2-4-10/h1-7,13,17H. The molecule has 0 radical (unpaired) electrons. The maximum atomic E-state index is 10.1. The Balaban J connectivity index is 2.30. The molecule has 2 rings (SSSR count). The zero-order chi connectivity index (χ0) is 12.3. The molecule has 17 heavy (non-hydrogen) atoms. The fraction of sp³-hybridized carbons (Fsp3) is 0.0769. The number of halogens is 1. The number of hydrogen-bond donors (Lipinski definition) is 1. The number of aliphatic hydroxyl groups is 1. The van der Waals surface area contributed by atoms with Gasteiger partial charge < -0.3 is 5.11 Å². The summed E-state index contributed by atoms with van der Waals surface area (Å²) in [6.45, 7) is 0. The van der Waals surface area contributed by atoms with E-state index in [9.17, 15) is 5.11 Å². The summed E-state index contributed by atoms with van der Waals surface area (Å²) in [7, 11) is 0. The topological polar surface area (TPSA) is 56.9 Å². The normalized spacial score (nSPS) is 11.8. The maximum Gasteiger partial charge on any atom is 0.129 e. The van der Waals surface area contributed by atoms with Crippen molar-refractivity contribution in [3.63, 3.8) is 0 Å². The molecular formula is C13H9ClN2O. The van der Waals surface area contributed by atoms with Gasteiger partial charge in [0.1, 0.15) is 11.3 Å². The Labute approximate surface area is 104 Å². The highest BCUT2D eigenvalue weighted by atomic mass is 35.5. The first kappa shape index (κ1) is 11.6. The Morgan fingerprint density at radius 2 is 1.88 bits per heavy atom. The molecule has 84 valence electrons. The fourth-order valence-electron chi connectivity index (χ4n) is 1.52. The van der Waals surface area contributed by atoms with E-state index in [0.29, 0.717) is 21.8 Å². The van der Waals surface area contributed by atoms with Crippen LogP contribution in [0.1, 0.15) is 22.8 Å². The van der Waals surface area contributed by atoms with Crippen molar-refractivity contribution in [2.75, 3.05) is 0 Å². The van der Waals surface area contributed by atoms with Crippen molar-refractivity contribution in [2.24, 2.45) is 0 Å². The smallest absolute Gasteiger partial charge is 0.129 e. The third-order valence-electron chi connectivity index (χ3n) is 2.42. The average Bonchev–Trinajstić information content (AvgIpc) is 2.38. The summed E-state index contributed by atoms with van der Waals surface area (Å²) in [6.07, 6.45) is 0.785. The van der Waals surface area contributed by atoms with Crippen LogP contribution in [0.4, 0.5) is 0 Å². The van der Waals surface area contributed by atoms with Crippen LogP contribution >= 0.6 is 11.6 Å². The second-order valence-electron chi connectivity index (χ2n) is 3.55. The Bertz CT molecular complexity index is 560. The highest BCUT2D eigenvalue weighted by Crippen LogP contribution is 2.23. The first-order chi connectivity index (χ1) is 8.20. The van der Waals surface area contributed by atoms with Gasteiger partial charge in [-0.05, 0) is 35.4 Å². The lowest BCUT2D eigenvalue weighted by Gasteiger charge is -2.11. The van der Waals surface area contributed by atoms with Crippen LogP contribution in [0.5, 0.6) is 0 Å². The summed E-state index contributed by atoms with van der Waals surface area (Å²) in [5.74, 6) is 0. The molecule has 0 saturated heterocycles. The van der Waals surface area contributed by atoms with Crippen molar-refractivity contribution in [1.29, 1.82) is 5.26 Å². The van der Waals surface area contributed by atoms with Gasteiger partial charge in [0.2, 0.25) is 0 Å². The Hall–Kier alpha value is -1.89. The van der Waals surface area contributed by atoms with E-state index in [-0.39, 0.29) is 0 Å². The molecule has 1 unspecified atom stereocenters. The van der Waals surface area contributed by atoms with Crippen LogP contribution in [-0.4, -0.2) is 10.1 Å². The molecule has 0 spiro atoms. The number of benzene rings is 1. The van der Waals surface area contributed by atoms with Crippen LogP contribution < -0.4 is 0 Å². The minimum Gasteiger partial charge on any atom is -0.384 e. The average molecular weight is 245 g/mol. The summed E-state index contributed by atoms with van der Waals surface area (Å²) in [5, 5.41) is 19.1. The van der Waals surface area contributed by atoms with E-state index in [1.807, 2.05) is 6.07 Å². The molecule has 0 amide bonds. The molecule has 1 aromatic heterocycles. The monoisotopic (exact) mass is 244 g/mol. The van der Waals surface area contributed by atoms with Crippen LogP contribution in [0.3, 0.4) is 0 Å². The molecule has 1 atom stereocenters. The summed E-state index contributed by atoms with van der Waals surface area (Å²) in [5.41, 5.74) is 1.95. The van der Waals surface area contributed by atoms with Gasteiger partial charge in [-0.2, -0.15) is 5.26 Å². The van der Waals surface area contributed by atoms with Gasteiger partial charge in [0, 0.05) is 6.20 Å². The number of nitrogens with zero attached hydrogens (tertiary/aromatic N) is 2. The van der Waals surface area contributed by atoms with Gasteiger partial charge in [-0.25, -0.2) is 4.98 Å². The quantitative estimate of drug-likeness (QED) is 0.827. The number of aromatic nitrogens is 1. The molecule has 1 aromatic carbocycles. The Kier molecular flexibility index (Phi) is 3.38. The number of hydrogen-bond acceptors (Lipinski definition) is 3. The Morgan fingerprint density at radius 1 is 1.18 bits per heavy atom. The predicted molar refractivity (Wildman–Crippen MR) is 64.5 cm³/mol. The third kappa shape index (κ3) is 2.62. The molecular weight excluding hydrogens is 236 g/mol. The zero-order valence-electron chi connectivity index (χ0n) is 8.84. The van der Waals surface area contributed by atoms with Gasteiger partial charge in [0.25, 0.3) is 0 Å². The van der Waals surface area contributed by atoms with Crippen molar-refractivity contribution < 1.29 is 5.11 Å². The number of pyridine rings is 1. The summed E-state index contributed by atoms with van der Waals surface area (Å²) < 4.78 is 0. The first-order valence-corrected chi connectivity index (χ1v) is 5.38. The minimum absolute atomic E-state index is 0.343. The van der Waals surface area contributed by atoms with Gasteiger partial charge in [-0.15, -0.1) is 0 Å². The van der Waals surface area contributed by atoms with Crippen molar-refractivity contribution in [1.82, 2.24) is 4.98 Å². The van der Waals surface area contributed by atoms with E-state index >= 15 is 0 Å². The van der Waals surface area contributed by atoms with Crippen LogP contribution in [-0.2, 0) is 0 Å². The molecule has 0 saturated carbocycles. The molecule has 3 nitrogen and oxygen atoms in total. The largest absolute Gasteiger partial charge is 0.384 e. The SMILES string of the molecule is N#Cc1ccc(C(O)c2ccnc(Cl)c2)cc1. The van der Waals surface area contributed by atoms with Crippen molar-refractivity contribution in [3.8, 4) is 6.07 Å². The lowest BCUT2D eigenvalue weighted by atomic mass is 10.0. The molecule has 0 aliphatic carbocycles. The minimum atomic E-state index is -0.761. The van der Waals surface area contributed by atoms with Gasteiger partial charge in [-0.1, -0.05) is 23.7 Å². The predicted octanol–water partition coefficient (Wildman–Crippen LogP) is 2.69. The zero-order valence-corrected chi connectivity index (χ0v) is 9.59. The van der Waals surface area contributed by atoms with E-state index in [0.717, 1.165) is 0 Å². The number of nitriles is 1. The van der Waals surface area contributed by atoms with E-state index in [2.05, 4.69) is 4.98 Å². The maximum absolute atomic E-state index is 10.1. The first-order valence-electron chi connectivity index (χ1n) is 5.00. The van der Waals surface area contributed by atoms with Crippen molar-refractivity contribution in [3.05, 3.63) is 64.4 Å². The lowest BCUT2D eigenvalue weighted by molar-refractivity contribution is 0.220. The van der Waals surface area contributed by atoms with Crippen molar-refractivity contribution >= 4 is 11.6 Å². The highest BCUT2D eigenvalue weighted by Gasteiger charge is 2.10. The molecule has 1 heterocycles. The van der Waals surface area contributed by atoms with Gasteiger partial charge in [-0.3, -0.25) is 0 Å². The van der Waals surface area contributed by atoms with Crippen LogP contribution in [0.25, 0.3) is 0 Å². The van der Waals surface area contributed by atoms with Crippen LogP contribution in [0.15, 0.2) is 42.6 Å².